The molecule has 6 heteroatoms. The zero-order valence-electron chi connectivity index (χ0n) is 6.18. The number of aliphatic carboxylic acids is 1. The van der Waals surface area contributed by atoms with Gasteiger partial charge in [0.15, 0.2) is 5.25 Å². The van der Waals surface area contributed by atoms with Crippen molar-refractivity contribution in [3.8, 4) is 0 Å². The lowest BCUT2D eigenvalue weighted by Gasteiger charge is -2.11. The van der Waals surface area contributed by atoms with E-state index in [9.17, 15) is 13.2 Å². The minimum atomic E-state index is -4.46. The minimum absolute atomic E-state index is 0.637. The SMILES string of the molecule is CC(C)[C@H](C(=O)O)S(=O)(=O)O. The average Bonchev–Trinajstić information content (AvgIpc) is 1.54. The second kappa shape index (κ2) is 3.19. The molecule has 0 aromatic carbocycles. The molecule has 2 N–H and O–H groups in total. The number of hydrogen-bond acceptors (Lipinski definition) is 3. The maximum Gasteiger partial charge on any atom is 0.324 e. The number of carbonyl (C=O) groups is 1. The molecule has 0 saturated carbocycles. The second-order valence-electron chi connectivity index (χ2n) is 2.52. The van der Waals surface area contributed by atoms with Gasteiger partial charge in [0.05, 0.1) is 0 Å². The Morgan fingerprint density at radius 2 is 1.73 bits per heavy atom. The molecule has 0 bridgehead atoms. The first-order chi connectivity index (χ1) is 4.76. The van der Waals surface area contributed by atoms with E-state index in [4.69, 9.17) is 9.66 Å². The lowest BCUT2D eigenvalue weighted by atomic mass is 10.1. The first-order valence-corrected chi connectivity index (χ1v) is 4.46. The van der Waals surface area contributed by atoms with Crippen molar-refractivity contribution in [2.75, 3.05) is 0 Å². The Kier molecular flexibility index (Phi) is 3.01. The van der Waals surface area contributed by atoms with Crippen LogP contribution in [0, 0.1) is 5.92 Å². The zero-order chi connectivity index (χ0) is 9.23. The van der Waals surface area contributed by atoms with E-state index < -0.39 is 27.3 Å². The summed E-state index contributed by atoms with van der Waals surface area (Å²) in [5.74, 6) is -2.16. The molecule has 0 aromatic rings. The van der Waals surface area contributed by atoms with Crippen LogP contribution in [-0.2, 0) is 14.9 Å². The zero-order valence-corrected chi connectivity index (χ0v) is 7.00. The highest BCUT2D eigenvalue weighted by molar-refractivity contribution is 7.87. The molecular formula is C5H10O5S. The van der Waals surface area contributed by atoms with Crippen molar-refractivity contribution in [1.82, 2.24) is 0 Å². The van der Waals surface area contributed by atoms with Crippen LogP contribution in [0.4, 0.5) is 0 Å². The Morgan fingerprint density at radius 3 is 1.73 bits per heavy atom. The van der Waals surface area contributed by atoms with Gasteiger partial charge < -0.3 is 5.11 Å². The first-order valence-electron chi connectivity index (χ1n) is 2.96. The maximum atomic E-state index is 10.4. The van der Waals surface area contributed by atoms with Crippen molar-refractivity contribution < 1.29 is 22.9 Å². The molecule has 66 valence electrons. The van der Waals surface area contributed by atoms with Gasteiger partial charge in [0.1, 0.15) is 0 Å². The quantitative estimate of drug-likeness (QED) is 0.598. The van der Waals surface area contributed by atoms with E-state index in [0.717, 1.165) is 0 Å². The van der Waals surface area contributed by atoms with Crippen molar-refractivity contribution in [3.05, 3.63) is 0 Å². The first kappa shape index (κ1) is 10.4. The summed E-state index contributed by atoms with van der Waals surface area (Å²) in [6.45, 7) is 2.82. The van der Waals surface area contributed by atoms with E-state index in [1.807, 2.05) is 0 Å². The molecule has 0 heterocycles. The van der Waals surface area contributed by atoms with E-state index in [2.05, 4.69) is 0 Å². The van der Waals surface area contributed by atoms with E-state index in [1.165, 1.54) is 13.8 Å². The number of carboxylic acids is 1. The summed E-state index contributed by atoms with van der Waals surface area (Å²) in [4.78, 5) is 10.2. The molecule has 0 radical (unpaired) electrons. The van der Waals surface area contributed by atoms with Gasteiger partial charge in [-0.1, -0.05) is 13.8 Å². The summed E-state index contributed by atoms with van der Waals surface area (Å²) in [6, 6.07) is 0. The number of rotatable bonds is 3. The lowest BCUT2D eigenvalue weighted by Crippen LogP contribution is -2.34. The Morgan fingerprint density at radius 1 is 1.36 bits per heavy atom. The third-order valence-electron chi connectivity index (χ3n) is 1.17. The van der Waals surface area contributed by atoms with E-state index in [0.29, 0.717) is 0 Å². The topological polar surface area (TPSA) is 91.7 Å². The number of carboxylic acid groups (broad SMARTS) is 1. The van der Waals surface area contributed by atoms with Crippen LogP contribution in [0.25, 0.3) is 0 Å². The lowest BCUT2D eigenvalue weighted by molar-refractivity contribution is -0.137. The molecule has 0 unspecified atom stereocenters. The third kappa shape index (κ3) is 2.85. The molecule has 0 saturated heterocycles. The molecule has 0 amide bonds. The van der Waals surface area contributed by atoms with Gasteiger partial charge in [0.25, 0.3) is 10.1 Å². The van der Waals surface area contributed by atoms with E-state index >= 15 is 0 Å². The Labute approximate surface area is 64.8 Å². The molecule has 1 atom stereocenters. The van der Waals surface area contributed by atoms with Crippen LogP contribution in [0.3, 0.4) is 0 Å². The molecule has 0 aliphatic heterocycles. The predicted molar refractivity (Wildman–Crippen MR) is 37.8 cm³/mol. The molecule has 11 heavy (non-hydrogen) atoms. The average molecular weight is 182 g/mol. The van der Waals surface area contributed by atoms with Crippen molar-refractivity contribution in [2.24, 2.45) is 5.92 Å². The molecule has 0 aromatic heterocycles. The molecular weight excluding hydrogens is 172 g/mol. The van der Waals surface area contributed by atoms with Crippen LogP contribution in [0.1, 0.15) is 13.8 Å². The summed E-state index contributed by atoms with van der Waals surface area (Å²) in [7, 11) is -4.46. The van der Waals surface area contributed by atoms with Gasteiger partial charge in [0, 0.05) is 0 Å². The van der Waals surface area contributed by atoms with Crippen LogP contribution in [-0.4, -0.2) is 29.3 Å². The highest BCUT2D eigenvalue weighted by atomic mass is 32.2. The van der Waals surface area contributed by atoms with Crippen molar-refractivity contribution in [3.63, 3.8) is 0 Å². The van der Waals surface area contributed by atoms with Crippen molar-refractivity contribution in [1.29, 1.82) is 0 Å². The van der Waals surface area contributed by atoms with E-state index in [1.54, 1.807) is 0 Å². The highest BCUT2D eigenvalue weighted by Gasteiger charge is 2.33. The fourth-order valence-corrected chi connectivity index (χ4v) is 1.70. The minimum Gasteiger partial charge on any atom is -0.480 e. The van der Waals surface area contributed by atoms with Gasteiger partial charge in [-0.05, 0) is 5.92 Å². The van der Waals surface area contributed by atoms with Crippen LogP contribution < -0.4 is 0 Å². The Hall–Kier alpha value is -0.620. The summed E-state index contributed by atoms with van der Waals surface area (Å²) in [5, 5.41) is 6.62. The van der Waals surface area contributed by atoms with Gasteiger partial charge in [-0.3, -0.25) is 9.35 Å². The van der Waals surface area contributed by atoms with Gasteiger partial charge in [-0.2, -0.15) is 8.42 Å². The molecule has 0 spiro atoms. The van der Waals surface area contributed by atoms with Crippen molar-refractivity contribution in [2.45, 2.75) is 19.1 Å². The van der Waals surface area contributed by atoms with Crippen molar-refractivity contribution >= 4 is 16.1 Å². The van der Waals surface area contributed by atoms with Gasteiger partial charge >= 0.3 is 5.97 Å². The largest absolute Gasteiger partial charge is 0.480 e. The molecule has 0 aliphatic carbocycles. The van der Waals surface area contributed by atoms with Crippen LogP contribution >= 0.6 is 0 Å². The summed E-state index contributed by atoms with van der Waals surface area (Å²) < 4.78 is 29.2. The van der Waals surface area contributed by atoms with Crippen LogP contribution in [0.2, 0.25) is 0 Å². The number of hydrogen-bond donors (Lipinski definition) is 2. The third-order valence-corrected chi connectivity index (χ3v) is 2.56. The Balaban J connectivity index is 4.79. The van der Waals surface area contributed by atoms with Gasteiger partial charge in [0.2, 0.25) is 0 Å². The fraction of sp³-hybridized carbons (Fsp3) is 0.800. The monoisotopic (exact) mass is 182 g/mol. The molecule has 0 aliphatic rings. The standard InChI is InChI=1S/C5H10O5S/c1-3(2)4(5(6)7)11(8,9)10/h3-4H,1-2H3,(H,6,7)(H,8,9,10)/t4-/m1/s1. The fourth-order valence-electron chi connectivity index (χ4n) is 0.756. The molecule has 5 nitrogen and oxygen atoms in total. The predicted octanol–water partition coefficient (Wildman–Crippen LogP) is -0.0166. The second-order valence-corrected chi connectivity index (χ2v) is 4.06. The smallest absolute Gasteiger partial charge is 0.324 e. The summed E-state index contributed by atoms with van der Waals surface area (Å²) in [5.41, 5.74) is 0. The normalized spacial score (nSPS) is 14.9. The maximum absolute atomic E-state index is 10.4. The Bertz CT molecular complexity index is 240. The molecule has 0 fully saturated rings. The van der Waals surface area contributed by atoms with Gasteiger partial charge in [-0.15, -0.1) is 0 Å². The molecule has 0 rings (SSSR count). The van der Waals surface area contributed by atoms with Crippen LogP contribution in [0.15, 0.2) is 0 Å². The van der Waals surface area contributed by atoms with Crippen LogP contribution in [0.5, 0.6) is 0 Å². The van der Waals surface area contributed by atoms with Gasteiger partial charge in [-0.25, -0.2) is 0 Å². The van der Waals surface area contributed by atoms with E-state index in [-0.39, 0.29) is 0 Å². The highest BCUT2D eigenvalue weighted by Crippen LogP contribution is 2.10. The summed E-state index contributed by atoms with van der Waals surface area (Å²) in [6.07, 6.45) is 0. The summed E-state index contributed by atoms with van der Waals surface area (Å²) >= 11 is 0.